The van der Waals surface area contributed by atoms with Crippen LogP contribution in [0.4, 0.5) is 0 Å². The number of hydrogen-bond acceptors (Lipinski definition) is 3. The molecule has 1 aliphatic rings. The molecule has 1 unspecified atom stereocenters. The SMILES string of the molecule is CC(C)CCC(O)c1ccc2c(c1)OCCO2. The summed E-state index contributed by atoms with van der Waals surface area (Å²) in [4.78, 5) is 0. The van der Waals surface area contributed by atoms with Gasteiger partial charge in [0, 0.05) is 0 Å². The molecule has 3 nitrogen and oxygen atoms in total. The Morgan fingerprint density at radius 3 is 2.53 bits per heavy atom. The number of ether oxygens (including phenoxy) is 2. The van der Waals surface area contributed by atoms with Gasteiger partial charge < -0.3 is 14.6 Å². The molecule has 0 aliphatic carbocycles. The molecule has 0 amide bonds. The third kappa shape index (κ3) is 3.13. The molecular weight excluding hydrogens is 216 g/mol. The van der Waals surface area contributed by atoms with Gasteiger partial charge in [0.25, 0.3) is 0 Å². The Bertz CT molecular complexity index is 374. The maximum atomic E-state index is 10.1. The summed E-state index contributed by atoms with van der Waals surface area (Å²) in [5, 5.41) is 10.1. The van der Waals surface area contributed by atoms with Gasteiger partial charge in [-0.2, -0.15) is 0 Å². The summed E-state index contributed by atoms with van der Waals surface area (Å²) < 4.78 is 11.0. The van der Waals surface area contributed by atoms with Gasteiger partial charge in [0.1, 0.15) is 13.2 Å². The average molecular weight is 236 g/mol. The average Bonchev–Trinajstić information content (AvgIpc) is 2.35. The van der Waals surface area contributed by atoms with Crippen LogP contribution in [0.2, 0.25) is 0 Å². The van der Waals surface area contributed by atoms with E-state index in [1.165, 1.54) is 0 Å². The van der Waals surface area contributed by atoms with Gasteiger partial charge in [-0.1, -0.05) is 19.9 Å². The lowest BCUT2D eigenvalue weighted by Crippen LogP contribution is -2.15. The molecule has 0 spiro atoms. The minimum atomic E-state index is -0.409. The number of benzene rings is 1. The Morgan fingerprint density at radius 2 is 1.82 bits per heavy atom. The molecule has 1 aliphatic heterocycles. The molecule has 2 rings (SSSR count). The number of aliphatic hydroxyl groups is 1. The van der Waals surface area contributed by atoms with E-state index in [9.17, 15) is 5.11 Å². The van der Waals surface area contributed by atoms with Gasteiger partial charge in [-0.15, -0.1) is 0 Å². The van der Waals surface area contributed by atoms with E-state index in [1.54, 1.807) is 0 Å². The maximum absolute atomic E-state index is 10.1. The molecule has 1 aromatic carbocycles. The second-order valence-corrected chi connectivity index (χ2v) is 4.89. The number of rotatable bonds is 4. The van der Waals surface area contributed by atoms with Crippen molar-refractivity contribution in [1.82, 2.24) is 0 Å². The molecule has 0 fully saturated rings. The van der Waals surface area contributed by atoms with Crippen LogP contribution in [0.5, 0.6) is 11.5 Å². The van der Waals surface area contributed by atoms with E-state index in [0.29, 0.717) is 19.1 Å². The van der Waals surface area contributed by atoms with E-state index in [0.717, 1.165) is 29.9 Å². The summed E-state index contributed by atoms with van der Waals surface area (Å²) in [5.41, 5.74) is 0.912. The van der Waals surface area contributed by atoms with E-state index in [2.05, 4.69) is 13.8 Å². The largest absolute Gasteiger partial charge is 0.486 e. The Hall–Kier alpha value is -1.22. The van der Waals surface area contributed by atoms with Gasteiger partial charge in [-0.05, 0) is 36.5 Å². The van der Waals surface area contributed by atoms with Crippen molar-refractivity contribution in [3.8, 4) is 11.5 Å². The molecule has 1 N–H and O–H groups in total. The Balaban J connectivity index is 2.05. The molecule has 17 heavy (non-hydrogen) atoms. The van der Waals surface area contributed by atoms with E-state index in [4.69, 9.17) is 9.47 Å². The van der Waals surface area contributed by atoms with Crippen molar-refractivity contribution in [1.29, 1.82) is 0 Å². The van der Waals surface area contributed by atoms with Gasteiger partial charge >= 0.3 is 0 Å². The third-order valence-corrected chi connectivity index (χ3v) is 2.97. The minimum Gasteiger partial charge on any atom is -0.486 e. The maximum Gasteiger partial charge on any atom is 0.161 e. The highest BCUT2D eigenvalue weighted by Gasteiger charge is 2.15. The van der Waals surface area contributed by atoms with Crippen molar-refractivity contribution in [2.45, 2.75) is 32.8 Å². The Morgan fingerprint density at radius 1 is 1.12 bits per heavy atom. The topological polar surface area (TPSA) is 38.7 Å². The van der Waals surface area contributed by atoms with Crippen LogP contribution in [0.1, 0.15) is 38.4 Å². The molecule has 0 radical (unpaired) electrons. The first kappa shape index (κ1) is 12.2. The smallest absolute Gasteiger partial charge is 0.161 e. The molecule has 1 heterocycles. The van der Waals surface area contributed by atoms with Crippen LogP contribution < -0.4 is 9.47 Å². The fourth-order valence-corrected chi connectivity index (χ4v) is 1.93. The Kier molecular flexibility index (Phi) is 3.89. The number of fused-ring (bicyclic) bond motifs is 1. The van der Waals surface area contributed by atoms with Crippen LogP contribution in [0.3, 0.4) is 0 Å². The molecule has 3 heteroatoms. The summed E-state index contributed by atoms with van der Waals surface area (Å²) >= 11 is 0. The lowest BCUT2D eigenvalue weighted by molar-refractivity contribution is 0.154. The monoisotopic (exact) mass is 236 g/mol. The van der Waals surface area contributed by atoms with Crippen molar-refractivity contribution in [3.63, 3.8) is 0 Å². The molecule has 0 saturated carbocycles. The van der Waals surface area contributed by atoms with E-state index in [1.807, 2.05) is 18.2 Å². The van der Waals surface area contributed by atoms with Crippen molar-refractivity contribution in [2.75, 3.05) is 13.2 Å². The van der Waals surface area contributed by atoms with Crippen LogP contribution >= 0.6 is 0 Å². The van der Waals surface area contributed by atoms with Crippen LogP contribution in [0.25, 0.3) is 0 Å². The van der Waals surface area contributed by atoms with Crippen LogP contribution in [-0.4, -0.2) is 18.3 Å². The van der Waals surface area contributed by atoms with Crippen molar-refractivity contribution in [2.24, 2.45) is 5.92 Å². The summed E-state index contributed by atoms with van der Waals surface area (Å²) in [6.07, 6.45) is 1.40. The molecular formula is C14H20O3. The zero-order valence-electron chi connectivity index (χ0n) is 10.5. The minimum absolute atomic E-state index is 0.409. The molecule has 0 bridgehead atoms. The molecule has 1 aromatic rings. The summed E-state index contributed by atoms with van der Waals surface area (Å²) in [6.45, 7) is 5.51. The first-order valence-corrected chi connectivity index (χ1v) is 6.24. The first-order valence-electron chi connectivity index (χ1n) is 6.24. The van der Waals surface area contributed by atoms with Crippen molar-refractivity contribution < 1.29 is 14.6 Å². The highest BCUT2D eigenvalue weighted by molar-refractivity contribution is 5.44. The molecule has 1 atom stereocenters. The zero-order valence-corrected chi connectivity index (χ0v) is 10.5. The van der Waals surface area contributed by atoms with Gasteiger partial charge in [0.15, 0.2) is 11.5 Å². The highest BCUT2D eigenvalue weighted by atomic mass is 16.6. The van der Waals surface area contributed by atoms with E-state index >= 15 is 0 Å². The highest BCUT2D eigenvalue weighted by Crippen LogP contribution is 2.33. The van der Waals surface area contributed by atoms with Gasteiger partial charge in [0.05, 0.1) is 6.10 Å². The normalized spacial score (nSPS) is 16.0. The molecule has 94 valence electrons. The zero-order chi connectivity index (χ0) is 12.3. The standard InChI is InChI=1S/C14H20O3/c1-10(2)3-5-12(15)11-4-6-13-14(9-11)17-8-7-16-13/h4,6,9-10,12,15H,3,5,7-8H2,1-2H3. The first-order chi connectivity index (χ1) is 8.16. The quantitative estimate of drug-likeness (QED) is 0.873. The number of aliphatic hydroxyl groups excluding tert-OH is 1. The molecule has 0 aromatic heterocycles. The number of hydrogen-bond donors (Lipinski definition) is 1. The fraction of sp³-hybridized carbons (Fsp3) is 0.571. The fourth-order valence-electron chi connectivity index (χ4n) is 1.93. The summed E-state index contributed by atoms with van der Waals surface area (Å²) in [6, 6.07) is 5.68. The van der Waals surface area contributed by atoms with Crippen LogP contribution in [0.15, 0.2) is 18.2 Å². The van der Waals surface area contributed by atoms with E-state index < -0.39 is 6.10 Å². The summed E-state index contributed by atoms with van der Waals surface area (Å²) in [5.74, 6) is 2.13. The lowest BCUT2D eigenvalue weighted by atomic mass is 9.99. The van der Waals surface area contributed by atoms with Crippen LogP contribution in [-0.2, 0) is 0 Å². The van der Waals surface area contributed by atoms with Gasteiger partial charge in [-0.25, -0.2) is 0 Å². The van der Waals surface area contributed by atoms with Crippen molar-refractivity contribution >= 4 is 0 Å². The lowest BCUT2D eigenvalue weighted by Gasteiger charge is -2.20. The second-order valence-electron chi connectivity index (χ2n) is 4.89. The third-order valence-electron chi connectivity index (χ3n) is 2.97. The second kappa shape index (κ2) is 5.41. The summed E-state index contributed by atoms with van der Waals surface area (Å²) in [7, 11) is 0. The van der Waals surface area contributed by atoms with Crippen LogP contribution in [0, 0.1) is 5.92 Å². The van der Waals surface area contributed by atoms with Gasteiger partial charge in [-0.3, -0.25) is 0 Å². The Labute approximate surface area is 102 Å². The predicted molar refractivity (Wildman–Crippen MR) is 66.5 cm³/mol. The van der Waals surface area contributed by atoms with E-state index in [-0.39, 0.29) is 0 Å². The molecule has 0 saturated heterocycles. The predicted octanol–water partition coefficient (Wildman–Crippen LogP) is 2.93. The van der Waals surface area contributed by atoms with Gasteiger partial charge in [0.2, 0.25) is 0 Å². The van der Waals surface area contributed by atoms with Crippen molar-refractivity contribution in [3.05, 3.63) is 23.8 Å².